The van der Waals surface area contributed by atoms with Gasteiger partial charge in [0.2, 0.25) is 0 Å². The van der Waals surface area contributed by atoms with Gasteiger partial charge in [0, 0.05) is 26.2 Å². The van der Waals surface area contributed by atoms with Crippen LogP contribution in [0.4, 0.5) is 23.2 Å². The molecule has 1 aromatic heterocycles. The van der Waals surface area contributed by atoms with E-state index < -0.39 is 39.2 Å². The van der Waals surface area contributed by atoms with Gasteiger partial charge in [0.1, 0.15) is 11.6 Å². The van der Waals surface area contributed by atoms with E-state index in [1.165, 1.54) is 33.9 Å². The van der Waals surface area contributed by atoms with Crippen molar-refractivity contribution in [3.8, 4) is 5.75 Å². The van der Waals surface area contributed by atoms with Crippen molar-refractivity contribution in [2.24, 2.45) is 0 Å². The van der Waals surface area contributed by atoms with Crippen LogP contribution in [0.25, 0.3) is 0 Å². The summed E-state index contributed by atoms with van der Waals surface area (Å²) < 4.78 is 81.8. The Balaban J connectivity index is 1.59. The molecule has 0 bridgehead atoms. The highest BCUT2D eigenvalue weighted by molar-refractivity contribution is 7.90. The maximum atomic E-state index is 13.9. The third-order valence-electron chi connectivity index (χ3n) is 6.21. The fourth-order valence-corrected chi connectivity index (χ4v) is 6.52. The average molecular weight is 489 g/mol. The molecule has 2 aliphatic rings. The summed E-state index contributed by atoms with van der Waals surface area (Å²) in [5, 5.41) is 9.45. The summed E-state index contributed by atoms with van der Waals surface area (Å²) in [6.07, 6.45) is -3.34. The van der Waals surface area contributed by atoms with Crippen LogP contribution in [0.2, 0.25) is 0 Å². The van der Waals surface area contributed by atoms with Crippen molar-refractivity contribution >= 4 is 15.9 Å². The molecule has 13 heteroatoms. The second kappa shape index (κ2) is 8.06. The first-order chi connectivity index (χ1) is 15.3. The molecule has 1 aromatic carbocycles. The highest BCUT2D eigenvalue weighted by Crippen LogP contribution is 2.44. The molecule has 0 saturated carbocycles. The molecular weight excluding hydrogens is 466 g/mol. The van der Waals surface area contributed by atoms with Crippen molar-refractivity contribution in [2.45, 2.75) is 44.1 Å². The third kappa shape index (κ3) is 4.24. The van der Waals surface area contributed by atoms with Crippen molar-refractivity contribution in [2.75, 3.05) is 24.4 Å². The summed E-state index contributed by atoms with van der Waals surface area (Å²) in [6, 6.07) is 5.18. The van der Waals surface area contributed by atoms with E-state index in [0.29, 0.717) is 19.4 Å². The van der Waals surface area contributed by atoms with Crippen LogP contribution in [0, 0.1) is 5.82 Å². The third-order valence-corrected chi connectivity index (χ3v) is 8.19. The van der Waals surface area contributed by atoms with Gasteiger partial charge < -0.3 is 5.11 Å². The number of hydrogen-bond acceptors (Lipinski definition) is 6. The number of aromatic hydroxyl groups is 1. The molecule has 0 aliphatic carbocycles. The number of piperidine rings is 1. The lowest BCUT2D eigenvalue weighted by molar-refractivity contribution is -0.142. The lowest BCUT2D eigenvalue weighted by Crippen LogP contribution is -2.57. The number of aromatic nitrogens is 2. The van der Waals surface area contributed by atoms with E-state index in [0.717, 1.165) is 6.20 Å². The summed E-state index contributed by atoms with van der Waals surface area (Å²) in [5.74, 6) is -1.69. The number of alkyl halides is 3. The molecule has 2 atom stereocenters. The second-order valence-corrected chi connectivity index (χ2v) is 10.4. The minimum Gasteiger partial charge on any atom is -0.504 e. The summed E-state index contributed by atoms with van der Waals surface area (Å²) in [7, 11) is -2.40. The van der Waals surface area contributed by atoms with Crippen molar-refractivity contribution in [3.05, 3.63) is 47.8 Å². The molecule has 4 rings (SSSR count). The van der Waals surface area contributed by atoms with Gasteiger partial charge in [-0.05, 0) is 38.0 Å². The fourth-order valence-electron chi connectivity index (χ4n) is 4.75. The van der Waals surface area contributed by atoms with E-state index in [4.69, 9.17) is 0 Å². The number of halogens is 4. The highest BCUT2D eigenvalue weighted by Gasteiger charge is 2.55. The van der Waals surface area contributed by atoms with Gasteiger partial charge in [-0.15, -0.1) is 0 Å². The molecule has 33 heavy (non-hydrogen) atoms. The minimum atomic E-state index is -4.81. The normalized spacial score (nSPS) is 26.2. The zero-order valence-electron chi connectivity index (χ0n) is 17.9. The molecule has 1 spiro atoms. The molecule has 0 amide bonds. The summed E-state index contributed by atoms with van der Waals surface area (Å²) in [6.45, 7) is 2.42. The quantitative estimate of drug-likeness (QED) is 0.667. The number of anilines is 1. The van der Waals surface area contributed by atoms with Gasteiger partial charge in [0.15, 0.2) is 11.4 Å². The SMILES string of the molecule is C[C@H]1C[C@]2(CCN1Cc1ncc(O)c(C(F)(F)F)n1)CN(C)S(=O)(=O)N2c1cccc(F)c1. The molecule has 180 valence electrons. The zero-order valence-corrected chi connectivity index (χ0v) is 18.7. The standard InChI is InChI=1S/C20H23F4N5O3S/c1-13-9-19(12-27(2)33(31,32)29(19)15-5-3-4-14(21)8-15)6-7-28(13)11-17-25-10-16(30)18(26-17)20(22,23)24/h3-5,8,10,13,30H,6-7,9,11-12H2,1-2H3/t13-,19+/m0/s1. The van der Waals surface area contributed by atoms with Crippen LogP contribution in [-0.4, -0.2) is 64.4 Å². The van der Waals surface area contributed by atoms with Gasteiger partial charge in [0.25, 0.3) is 0 Å². The molecule has 0 unspecified atom stereocenters. The highest BCUT2D eigenvalue weighted by atomic mass is 32.2. The van der Waals surface area contributed by atoms with Crippen molar-refractivity contribution in [1.82, 2.24) is 19.2 Å². The van der Waals surface area contributed by atoms with Crippen LogP contribution in [0.1, 0.15) is 31.3 Å². The first-order valence-corrected chi connectivity index (χ1v) is 11.6. The Bertz CT molecular complexity index is 1160. The minimum absolute atomic E-state index is 0.00314. The molecular formula is C20H23F4N5O3S. The van der Waals surface area contributed by atoms with E-state index >= 15 is 0 Å². The van der Waals surface area contributed by atoms with E-state index in [1.54, 1.807) is 6.07 Å². The fraction of sp³-hybridized carbons (Fsp3) is 0.500. The molecule has 0 radical (unpaired) electrons. The van der Waals surface area contributed by atoms with Crippen LogP contribution in [0.15, 0.2) is 30.5 Å². The lowest BCUT2D eigenvalue weighted by Gasteiger charge is -2.46. The van der Waals surface area contributed by atoms with Gasteiger partial charge in [-0.25, -0.2) is 14.4 Å². The maximum Gasteiger partial charge on any atom is 0.437 e. The van der Waals surface area contributed by atoms with Crippen LogP contribution in [0.3, 0.4) is 0 Å². The topological polar surface area (TPSA) is 89.9 Å². The Kier molecular flexibility index (Phi) is 5.78. The molecule has 2 saturated heterocycles. The van der Waals surface area contributed by atoms with Gasteiger partial charge in [-0.3, -0.25) is 9.21 Å². The Labute approximate surface area is 188 Å². The summed E-state index contributed by atoms with van der Waals surface area (Å²) in [5.41, 5.74) is -1.99. The largest absolute Gasteiger partial charge is 0.504 e. The maximum absolute atomic E-state index is 13.9. The number of hydrogen-bond donors (Lipinski definition) is 1. The predicted octanol–water partition coefficient (Wildman–Crippen LogP) is 2.76. The summed E-state index contributed by atoms with van der Waals surface area (Å²) in [4.78, 5) is 9.17. The Hall–Kier alpha value is -2.51. The zero-order chi connectivity index (χ0) is 24.2. The van der Waals surface area contributed by atoms with Gasteiger partial charge in [-0.2, -0.15) is 25.9 Å². The van der Waals surface area contributed by atoms with E-state index in [-0.39, 0.29) is 30.6 Å². The second-order valence-electron chi connectivity index (χ2n) is 8.52. The predicted molar refractivity (Wildman–Crippen MR) is 111 cm³/mol. The van der Waals surface area contributed by atoms with Gasteiger partial charge in [0.05, 0.1) is 24.0 Å². The molecule has 8 nitrogen and oxygen atoms in total. The van der Waals surface area contributed by atoms with Crippen molar-refractivity contribution in [3.63, 3.8) is 0 Å². The average Bonchev–Trinajstić information content (AvgIpc) is 2.89. The number of likely N-dealkylation sites (N-methyl/N-ethyl adjacent to an activating group) is 1. The number of rotatable bonds is 3. The van der Waals surface area contributed by atoms with Crippen LogP contribution < -0.4 is 4.31 Å². The molecule has 2 aromatic rings. The molecule has 2 fully saturated rings. The van der Waals surface area contributed by atoms with Crippen molar-refractivity contribution < 1.29 is 31.1 Å². The van der Waals surface area contributed by atoms with Crippen LogP contribution >= 0.6 is 0 Å². The lowest BCUT2D eigenvalue weighted by atomic mass is 9.83. The number of likely N-dealkylation sites (tertiary alicyclic amines) is 1. The monoisotopic (exact) mass is 489 g/mol. The van der Waals surface area contributed by atoms with Gasteiger partial charge in [-0.1, -0.05) is 6.07 Å². The van der Waals surface area contributed by atoms with E-state index in [1.807, 2.05) is 11.8 Å². The van der Waals surface area contributed by atoms with E-state index in [9.17, 15) is 31.1 Å². The number of benzene rings is 1. The Morgan fingerprint density at radius 3 is 2.67 bits per heavy atom. The molecule has 1 N–H and O–H groups in total. The van der Waals surface area contributed by atoms with E-state index in [2.05, 4.69) is 9.97 Å². The Morgan fingerprint density at radius 2 is 2.03 bits per heavy atom. The van der Waals surface area contributed by atoms with Crippen molar-refractivity contribution in [1.29, 1.82) is 0 Å². The first kappa shape index (κ1) is 23.6. The molecule has 3 heterocycles. The summed E-state index contributed by atoms with van der Waals surface area (Å²) >= 11 is 0. The van der Waals surface area contributed by atoms with Gasteiger partial charge >= 0.3 is 16.4 Å². The number of nitrogens with zero attached hydrogens (tertiary/aromatic N) is 5. The Morgan fingerprint density at radius 1 is 1.30 bits per heavy atom. The van der Waals surface area contributed by atoms with Crippen LogP contribution in [0.5, 0.6) is 5.75 Å². The smallest absolute Gasteiger partial charge is 0.437 e. The first-order valence-electron chi connectivity index (χ1n) is 10.2. The van der Waals surface area contributed by atoms with Crippen LogP contribution in [-0.2, 0) is 22.9 Å². The molecule has 2 aliphatic heterocycles.